The molecule has 2 unspecified atom stereocenters. The Bertz CT molecular complexity index is 410. The minimum atomic E-state index is -0.345. The fourth-order valence-electron chi connectivity index (χ4n) is 1.56. The maximum absolute atomic E-state index is 10.7. The fraction of sp³-hybridized carbons (Fsp3) is 0.600. The first-order chi connectivity index (χ1) is 9.47. The molecule has 1 rings (SSSR count). The van der Waals surface area contributed by atoms with Gasteiger partial charge in [0.15, 0.2) is 0 Å². The Hall–Kier alpha value is -0.680. The van der Waals surface area contributed by atoms with Gasteiger partial charge in [0.05, 0.1) is 9.51 Å². The number of rotatable bonds is 8. The van der Waals surface area contributed by atoms with E-state index in [1.165, 1.54) is 5.56 Å². The van der Waals surface area contributed by atoms with Gasteiger partial charge in [-0.1, -0.05) is 39.8 Å². The second-order valence-electron chi connectivity index (χ2n) is 4.89. The summed E-state index contributed by atoms with van der Waals surface area (Å²) in [5, 5.41) is 11.9. The molecule has 0 radical (unpaired) electrons. The van der Waals surface area contributed by atoms with Gasteiger partial charge in [-0.05, 0) is 18.4 Å². The number of nitro groups is 1. The third kappa shape index (κ3) is 5.37. The van der Waals surface area contributed by atoms with Crippen LogP contribution in [0.1, 0.15) is 50.7 Å². The molecule has 3 nitrogen and oxygen atoms in total. The molecule has 0 heterocycles. The van der Waals surface area contributed by atoms with Crippen molar-refractivity contribution in [2.75, 3.05) is 0 Å². The lowest BCUT2D eigenvalue weighted by Gasteiger charge is -2.23. The lowest BCUT2D eigenvalue weighted by molar-refractivity contribution is -0.384. The van der Waals surface area contributed by atoms with E-state index in [1.807, 2.05) is 35.7 Å². The zero-order valence-corrected chi connectivity index (χ0v) is 14.2. The first-order valence-electron chi connectivity index (χ1n) is 7.03. The number of nitrogens with zero attached hydrogens (tertiary/aromatic N) is 1. The summed E-state index contributed by atoms with van der Waals surface area (Å²) in [6, 6.07) is 7.01. The normalized spacial score (nSPS) is 15.6. The highest BCUT2D eigenvalue weighted by atomic mass is 32.2. The average molecular weight is 313 g/mol. The van der Waals surface area contributed by atoms with Crippen molar-refractivity contribution in [3.8, 4) is 0 Å². The van der Waals surface area contributed by atoms with Gasteiger partial charge in [-0.3, -0.25) is 10.1 Å². The van der Waals surface area contributed by atoms with E-state index in [0.29, 0.717) is 15.1 Å². The summed E-state index contributed by atoms with van der Waals surface area (Å²) in [4.78, 5) is 10.4. The Kier molecular flexibility index (Phi) is 7.45. The van der Waals surface area contributed by atoms with E-state index in [4.69, 9.17) is 0 Å². The van der Waals surface area contributed by atoms with Crippen LogP contribution in [-0.2, 0) is 0 Å². The van der Waals surface area contributed by atoms with E-state index in [0.717, 1.165) is 12.8 Å². The highest BCUT2D eigenvalue weighted by molar-refractivity contribution is 8.16. The van der Waals surface area contributed by atoms with Crippen molar-refractivity contribution < 1.29 is 4.92 Å². The minimum Gasteiger partial charge on any atom is -0.258 e. The Labute approximate surface area is 130 Å². The molecule has 0 spiro atoms. The van der Waals surface area contributed by atoms with Crippen LogP contribution in [0, 0.1) is 10.1 Å². The zero-order chi connectivity index (χ0) is 15.1. The maximum Gasteiger partial charge on any atom is 0.269 e. The molecule has 1 aromatic rings. The lowest BCUT2D eigenvalue weighted by Crippen LogP contribution is -2.03. The number of non-ortho nitro benzene ring substituents is 1. The van der Waals surface area contributed by atoms with Crippen molar-refractivity contribution in [2.24, 2.45) is 0 Å². The number of benzene rings is 1. The minimum absolute atomic E-state index is 0.162. The van der Waals surface area contributed by atoms with Gasteiger partial charge in [-0.25, -0.2) is 0 Å². The fourth-order valence-corrected chi connectivity index (χ4v) is 4.81. The molecule has 0 saturated carbocycles. The number of hydrogen-bond acceptors (Lipinski definition) is 4. The lowest BCUT2D eigenvalue weighted by atomic mass is 10.2. The average Bonchev–Trinajstić information content (AvgIpc) is 2.46. The quantitative estimate of drug-likeness (QED) is 0.353. The van der Waals surface area contributed by atoms with Crippen LogP contribution in [0.3, 0.4) is 0 Å². The smallest absolute Gasteiger partial charge is 0.258 e. The van der Waals surface area contributed by atoms with E-state index in [-0.39, 0.29) is 10.6 Å². The molecular weight excluding hydrogens is 290 g/mol. The van der Waals surface area contributed by atoms with Crippen LogP contribution in [0.2, 0.25) is 0 Å². The topological polar surface area (TPSA) is 43.1 Å². The molecule has 0 aliphatic rings. The summed E-state index contributed by atoms with van der Waals surface area (Å²) < 4.78 is 0.348. The van der Waals surface area contributed by atoms with Crippen LogP contribution >= 0.6 is 23.5 Å². The Balaban J connectivity index is 2.87. The third-order valence-corrected chi connectivity index (χ3v) is 6.54. The SMILES string of the molecule is CCC(C)SC(SC(C)CC)c1ccc([N+](=O)[O-])cc1. The summed E-state index contributed by atoms with van der Waals surface area (Å²) >= 11 is 3.90. The predicted octanol–water partition coefficient (Wildman–Crippen LogP) is 5.66. The van der Waals surface area contributed by atoms with E-state index < -0.39 is 0 Å². The first kappa shape index (κ1) is 17.4. The predicted molar refractivity (Wildman–Crippen MR) is 90.5 cm³/mol. The van der Waals surface area contributed by atoms with Gasteiger partial charge in [0.25, 0.3) is 5.69 Å². The second kappa shape index (κ2) is 8.57. The molecule has 112 valence electrons. The van der Waals surface area contributed by atoms with Crippen LogP contribution in [-0.4, -0.2) is 15.4 Å². The van der Waals surface area contributed by atoms with E-state index >= 15 is 0 Å². The van der Waals surface area contributed by atoms with E-state index in [1.54, 1.807) is 12.1 Å². The monoisotopic (exact) mass is 313 g/mol. The molecule has 2 atom stereocenters. The number of thioether (sulfide) groups is 2. The van der Waals surface area contributed by atoms with Crippen molar-refractivity contribution in [3.63, 3.8) is 0 Å². The van der Waals surface area contributed by atoms with Crippen molar-refractivity contribution in [1.82, 2.24) is 0 Å². The van der Waals surface area contributed by atoms with Gasteiger partial charge >= 0.3 is 0 Å². The molecule has 5 heteroatoms. The molecule has 0 aromatic heterocycles. The van der Waals surface area contributed by atoms with Crippen LogP contribution < -0.4 is 0 Å². The molecule has 0 bridgehead atoms. The molecule has 0 amide bonds. The van der Waals surface area contributed by atoms with Crippen molar-refractivity contribution in [2.45, 2.75) is 55.6 Å². The molecule has 0 N–H and O–H groups in total. The van der Waals surface area contributed by atoms with Gasteiger partial charge in [-0.2, -0.15) is 0 Å². The summed E-state index contributed by atoms with van der Waals surface area (Å²) in [7, 11) is 0. The molecule has 20 heavy (non-hydrogen) atoms. The van der Waals surface area contributed by atoms with E-state index in [9.17, 15) is 10.1 Å². The standard InChI is InChI=1S/C15H23NO2S2/c1-5-11(3)19-15(20-12(4)6-2)13-7-9-14(10-8-13)16(17)18/h7-12,15H,5-6H2,1-4H3. The summed E-state index contributed by atoms with van der Waals surface area (Å²) in [6.45, 7) is 8.86. The molecular formula is C15H23NO2S2. The van der Waals surface area contributed by atoms with Gasteiger partial charge < -0.3 is 0 Å². The first-order valence-corrected chi connectivity index (χ1v) is 8.91. The molecule has 0 saturated heterocycles. The maximum atomic E-state index is 10.7. The summed E-state index contributed by atoms with van der Waals surface area (Å²) in [5.74, 6) is 0. The van der Waals surface area contributed by atoms with Crippen molar-refractivity contribution >= 4 is 29.2 Å². The number of hydrogen-bond donors (Lipinski definition) is 0. The Morgan fingerprint density at radius 2 is 1.50 bits per heavy atom. The van der Waals surface area contributed by atoms with Crippen LogP contribution in [0.5, 0.6) is 0 Å². The second-order valence-corrected chi connectivity index (χ2v) is 8.29. The molecule has 0 fully saturated rings. The summed E-state index contributed by atoms with van der Waals surface area (Å²) in [6.07, 6.45) is 2.27. The summed E-state index contributed by atoms with van der Waals surface area (Å²) in [5.41, 5.74) is 1.33. The van der Waals surface area contributed by atoms with Crippen LogP contribution in [0.4, 0.5) is 5.69 Å². The Morgan fingerprint density at radius 3 is 1.85 bits per heavy atom. The van der Waals surface area contributed by atoms with Crippen molar-refractivity contribution in [3.05, 3.63) is 39.9 Å². The van der Waals surface area contributed by atoms with Gasteiger partial charge in [0.1, 0.15) is 0 Å². The Morgan fingerprint density at radius 1 is 1.05 bits per heavy atom. The molecule has 0 aliphatic carbocycles. The zero-order valence-electron chi connectivity index (χ0n) is 12.5. The van der Waals surface area contributed by atoms with E-state index in [2.05, 4.69) is 27.7 Å². The van der Waals surface area contributed by atoms with Crippen molar-refractivity contribution in [1.29, 1.82) is 0 Å². The van der Waals surface area contributed by atoms with Crippen LogP contribution in [0.25, 0.3) is 0 Å². The number of nitro benzene ring substituents is 1. The highest BCUT2D eigenvalue weighted by Crippen LogP contribution is 2.45. The third-order valence-electron chi connectivity index (χ3n) is 3.24. The van der Waals surface area contributed by atoms with Gasteiger partial charge in [0.2, 0.25) is 0 Å². The largest absolute Gasteiger partial charge is 0.269 e. The molecule has 0 aliphatic heterocycles. The van der Waals surface area contributed by atoms with Crippen LogP contribution in [0.15, 0.2) is 24.3 Å². The van der Waals surface area contributed by atoms with Gasteiger partial charge in [-0.15, -0.1) is 23.5 Å². The van der Waals surface area contributed by atoms with Gasteiger partial charge in [0, 0.05) is 22.6 Å². The molecule has 1 aromatic carbocycles. The highest BCUT2D eigenvalue weighted by Gasteiger charge is 2.19.